The number of rotatable bonds is 10. The highest BCUT2D eigenvalue weighted by molar-refractivity contribution is 8.45. The van der Waals surface area contributed by atoms with Crippen molar-refractivity contribution in [2.45, 2.75) is 36.6 Å². The standard InChI is InChI=1S/C16H15F8N2O9S/c1-2-8-3-11(36(20,21,22,23)24)4-9-5-12(14(16(17,18)19)35-13(8)9)15(27)34-10(6-32-25(28)29)7-33-26(30)31/h3-5,10,14H,2,6-7H2,1H3,(H,28,29)/q+1/t10?,14-/m0/s1. The van der Waals surface area contributed by atoms with Crippen molar-refractivity contribution in [3.8, 4) is 5.75 Å². The molecular weight excluding hydrogens is 548 g/mol. The van der Waals surface area contributed by atoms with Crippen LogP contribution in [0.25, 0.3) is 6.08 Å². The topological polar surface area (TPSA) is 137 Å². The molecule has 0 radical (unpaired) electrons. The number of carbonyl (C=O) groups is 1. The van der Waals surface area contributed by atoms with E-state index in [1.165, 1.54) is 0 Å². The third-order valence-electron chi connectivity index (χ3n) is 4.37. The molecule has 1 N–H and O–H groups in total. The number of hydrogen-bond acceptors (Lipinski definition) is 8. The van der Waals surface area contributed by atoms with Crippen LogP contribution in [-0.2, 0) is 25.6 Å². The van der Waals surface area contributed by atoms with Gasteiger partial charge in [0, 0.05) is 5.56 Å². The minimum absolute atomic E-state index is 0.0587. The summed E-state index contributed by atoms with van der Waals surface area (Å²) in [6.45, 7) is -1.25. The Morgan fingerprint density at radius 1 is 1.17 bits per heavy atom. The molecule has 0 saturated heterocycles. The average Bonchev–Trinajstić information content (AvgIpc) is 2.71. The molecule has 1 aromatic carbocycles. The fourth-order valence-corrected chi connectivity index (χ4v) is 3.59. The molecule has 0 bridgehead atoms. The maximum absolute atomic E-state index is 13.6. The van der Waals surface area contributed by atoms with Gasteiger partial charge in [0.1, 0.15) is 22.2 Å². The van der Waals surface area contributed by atoms with Gasteiger partial charge in [-0.1, -0.05) is 26.4 Å². The molecule has 2 rings (SSSR count). The van der Waals surface area contributed by atoms with Crippen LogP contribution < -0.4 is 4.74 Å². The maximum Gasteiger partial charge on any atom is 0.475 e. The average molecular weight is 563 g/mol. The van der Waals surface area contributed by atoms with Gasteiger partial charge < -0.3 is 14.3 Å². The number of carbonyl (C=O) groups excluding carboxylic acids is 1. The smallest absolute Gasteiger partial charge is 0.475 e. The molecule has 2 atom stereocenters. The van der Waals surface area contributed by atoms with Gasteiger partial charge >= 0.3 is 27.5 Å². The summed E-state index contributed by atoms with van der Waals surface area (Å²) in [5.41, 5.74) is -3.15. The fourth-order valence-electron chi connectivity index (χ4n) is 2.88. The quantitative estimate of drug-likeness (QED) is 0.184. The predicted molar refractivity (Wildman–Crippen MR) is 99.9 cm³/mol. The Labute approximate surface area is 194 Å². The van der Waals surface area contributed by atoms with Crippen molar-refractivity contribution >= 4 is 22.3 Å². The number of esters is 1. The second-order valence-electron chi connectivity index (χ2n) is 7.04. The highest BCUT2D eigenvalue weighted by Gasteiger charge is 2.66. The Balaban J connectivity index is 2.58. The molecule has 1 heterocycles. The van der Waals surface area contributed by atoms with Crippen molar-refractivity contribution in [3.05, 3.63) is 43.9 Å². The molecular formula is C16H15F8N2O9S+. The summed E-state index contributed by atoms with van der Waals surface area (Å²) in [4.78, 5) is 38.6. The zero-order chi connectivity index (χ0) is 27.8. The Bertz CT molecular complexity index is 1090. The number of fused-ring (bicyclic) bond motifs is 1. The Morgan fingerprint density at radius 3 is 2.22 bits per heavy atom. The van der Waals surface area contributed by atoms with E-state index < -0.39 is 91.7 Å². The molecule has 0 aromatic heterocycles. The summed E-state index contributed by atoms with van der Waals surface area (Å²) in [5, 5.41) is 16.1. The van der Waals surface area contributed by atoms with Gasteiger partial charge in [-0.25, -0.2) is 10.0 Å². The minimum atomic E-state index is -10.3. The van der Waals surface area contributed by atoms with E-state index in [1.54, 1.807) is 0 Å². The van der Waals surface area contributed by atoms with E-state index in [1.807, 2.05) is 0 Å². The Morgan fingerprint density at radius 2 is 1.75 bits per heavy atom. The van der Waals surface area contributed by atoms with E-state index >= 15 is 0 Å². The molecule has 11 nitrogen and oxygen atoms in total. The van der Waals surface area contributed by atoms with E-state index in [4.69, 9.17) is 9.94 Å². The van der Waals surface area contributed by atoms with Gasteiger partial charge in [0.15, 0.2) is 6.10 Å². The first-order valence-corrected chi connectivity index (χ1v) is 11.2. The maximum atomic E-state index is 13.6. The van der Waals surface area contributed by atoms with Crippen LogP contribution in [0.15, 0.2) is 22.6 Å². The van der Waals surface area contributed by atoms with Crippen LogP contribution in [0.5, 0.6) is 5.75 Å². The lowest BCUT2D eigenvalue weighted by molar-refractivity contribution is -0.976. The Kier molecular flexibility index (Phi) is 7.02. The van der Waals surface area contributed by atoms with Gasteiger partial charge in [-0.15, -0.1) is 10.1 Å². The van der Waals surface area contributed by atoms with Gasteiger partial charge in [-0.3, -0.25) is 0 Å². The number of hydrogen-bond donors (Lipinski definition) is 1. The number of alkyl halides is 3. The van der Waals surface area contributed by atoms with Crippen LogP contribution in [0.4, 0.5) is 32.6 Å². The van der Waals surface area contributed by atoms with Crippen LogP contribution in [0.3, 0.4) is 0 Å². The van der Waals surface area contributed by atoms with Crippen molar-refractivity contribution in [1.29, 1.82) is 0 Å². The third-order valence-corrected chi connectivity index (χ3v) is 5.49. The summed E-state index contributed by atoms with van der Waals surface area (Å²) in [6.07, 6.45) is -10.8. The van der Waals surface area contributed by atoms with Crippen LogP contribution in [0.2, 0.25) is 0 Å². The van der Waals surface area contributed by atoms with E-state index in [0.29, 0.717) is 0 Å². The van der Waals surface area contributed by atoms with Gasteiger partial charge in [0.05, 0.1) is 5.57 Å². The van der Waals surface area contributed by atoms with Crippen LogP contribution >= 0.6 is 10.2 Å². The summed E-state index contributed by atoms with van der Waals surface area (Å²) in [6, 6.07) is -0.260. The highest BCUT2D eigenvalue weighted by atomic mass is 32.5. The van der Waals surface area contributed by atoms with E-state index in [9.17, 15) is 52.4 Å². The number of ether oxygens (including phenoxy) is 2. The first kappa shape index (κ1) is 28.7. The van der Waals surface area contributed by atoms with Crippen molar-refractivity contribution in [2.24, 2.45) is 0 Å². The zero-order valence-electron chi connectivity index (χ0n) is 17.5. The summed E-state index contributed by atoms with van der Waals surface area (Å²) in [5.74, 6) is -2.84. The Hall–Kier alpha value is -3.58. The number of aryl methyl sites for hydroxylation is 1. The first-order valence-electron chi connectivity index (χ1n) is 9.25. The molecule has 1 aliphatic heterocycles. The largest absolute Gasteiger partial charge is 0.475 e. The van der Waals surface area contributed by atoms with Gasteiger partial charge in [-0.2, -0.15) is 18.0 Å². The predicted octanol–water partition coefficient (Wildman–Crippen LogP) is 4.83. The van der Waals surface area contributed by atoms with Crippen molar-refractivity contribution in [3.63, 3.8) is 0 Å². The fraction of sp³-hybridized carbons (Fsp3) is 0.438. The number of halogens is 8. The van der Waals surface area contributed by atoms with Gasteiger partial charge in [0.25, 0.3) is 5.09 Å². The molecule has 0 spiro atoms. The molecule has 20 heteroatoms. The van der Waals surface area contributed by atoms with Crippen LogP contribution in [0.1, 0.15) is 18.1 Å². The zero-order valence-corrected chi connectivity index (χ0v) is 18.4. The molecule has 0 fully saturated rings. The van der Waals surface area contributed by atoms with Gasteiger partial charge in [-0.05, 0) is 30.2 Å². The number of benzene rings is 1. The molecule has 1 unspecified atom stereocenters. The van der Waals surface area contributed by atoms with E-state index in [2.05, 4.69) is 14.4 Å². The van der Waals surface area contributed by atoms with Crippen molar-refractivity contribution in [1.82, 2.24) is 0 Å². The van der Waals surface area contributed by atoms with Gasteiger partial charge in [0.2, 0.25) is 12.7 Å². The SMILES string of the molecule is CCc1cc(S(F)(F)(F)(F)F)cc2c1O[C@H](C(F)(F)F)C(C(=O)OC(CO[N+](=O)[O-])CO[N+](=O)O)=C2. The first-order chi connectivity index (χ1) is 16.1. The van der Waals surface area contributed by atoms with E-state index in [0.717, 1.165) is 6.92 Å². The lowest BCUT2D eigenvalue weighted by atomic mass is 9.98. The van der Waals surface area contributed by atoms with E-state index in [-0.39, 0.29) is 18.2 Å². The molecule has 204 valence electrons. The molecule has 1 aliphatic rings. The monoisotopic (exact) mass is 563 g/mol. The molecule has 36 heavy (non-hydrogen) atoms. The highest BCUT2D eigenvalue weighted by Crippen LogP contribution is 3.02. The summed E-state index contributed by atoms with van der Waals surface area (Å²) >= 11 is 0. The van der Waals surface area contributed by atoms with Crippen molar-refractivity contribution < 1.29 is 71.9 Å². The molecule has 0 amide bonds. The minimum Gasteiger partial charge on any atom is -0.475 e. The lowest BCUT2D eigenvalue weighted by Crippen LogP contribution is -2.42. The second kappa shape index (κ2) is 8.82. The second-order valence-corrected chi connectivity index (χ2v) is 9.45. The normalized spacial score (nSPS) is 18.4. The molecule has 1 aromatic rings. The lowest BCUT2D eigenvalue weighted by Gasteiger charge is -2.41. The number of nitrogens with zero attached hydrogens (tertiary/aromatic N) is 2. The summed E-state index contributed by atoms with van der Waals surface area (Å²) < 4.78 is 117. The molecule has 0 saturated carbocycles. The van der Waals surface area contributed by atoms with Crippen LogP contribution in [0, 0.1) is 15.0 Å². The van der Waals surface area contributed by atoms with Crippen molar-refractivity contribution in [2.75, 3.05) is 13.2 Å². The van der Waals surface area contributed by atoms with Crippen LogP contribution in [-0.4, -0.2) is 52.9 Å². The summed E-state index contributed by atoms with van der Waals surface area (Å²) in [7, 11) is -10.3. The third kappa shape index (κ3) is 7.21. The molecule has 0 aliphatic carbocycles.